The highest BCUT2D eigenvalue weighted by molar-refractivity contribution is 6.17. The number of aromatic nitrogens is 2. The molecule has 0 aliphatic rings. The average Bonchev–Trinajstić information content (AvgIpc) is 2.52. The van der Waals surface area contributed by atoms with Crippen molar-refractivity contribution in [1.29, 1.82) is 0 Å². The van der Waals surface area contributed by atoms with E-state index < -0.39 is 6.09 Å². The van der Waals surface area contributed by atoms with Crippen LogP contribution in [0.5, 0.6) is 0 Å². The molecule has 1 amide bonds. The third-order valence-electron chi connectivity index (χ3n) is 1.58. The SMILES string of the molecule is CC(C)n1nccc1NC(=O)OCCl. The number of anilines is 1. The van der Waals surface area contributed by atoms with Crippen LogP contribution in [0.25, 0.3) is 0 Å². The number of hydrogen-bond donors (Lipinski definition) is 1. The van der Waals surface area contributed by atoms with Crippen LogP contribution in [0.3, 0.4) is 0 Å². The minimum Gasteiger partial charge on any atom is -0.433 e. The van der Waals surface area contributed by atoms with Gasteiger partial charge in [0.25, 0.3) is 0 Å². The molecule has 1 aromatic heterocycles. The van der Waals surface area contributed by atoms with Crippen molar-refractivity contribution in [2.75, 3.05) is 11.4 Å². The molecule has 1 heterocycles. The molecule has 0 aliphatic carbocycles. The molecule has 0 aromatic carbocycles. The first-order valence-corrected chi connectivity index (χ1v) is 4.72. The van der Waals surface area contributed by atoms with Crippen LogP contribution in [0.4, 0.5) is 10.6 Å². The summed E-state index contributed by atoms with van der Waals surface area (Å²) >= 11 is 5.23. The van der Waals surface area contributed by atoms with Crippen LogP contribution in [0.2, 0.25) is 0 Å². The van der Waals surface area contributed by atoms with Crippen LogP contribution in [0.15, 0.2) is 12.3 Å². The second kappa shape index (κ2) is 4.85. The first kappa shape index (κ1) is 10.8. The number of rotatable bonds is 3. The van der Waals surface area contributed by atoms with Crippen molar-refractivity contribution in [3.8, 4) is 0 Å². The number of nitrogens with one attached hydrogen (secondary N) is 1. The molecular formula is C8H12ClN3O2. The largest absolute Gasteiger partial charge is 0.433 e. The lowest BCUT2D eigenvalue weighted by atomic mass is 10.4. The van der Waals surface area contributed by atoms with Crippen molar-refractivity contribution < 1.29 is 9.53 Å². The first-order valence-electron chi connectivity index (χ1n) is 4.18. The number of halogens is 1. The van der Waals surface area contributed by atoms with Gasteiger partial charge in [0.2, 0.25) is 0 Å². The Hall–Kier alpha value is -1.23. The van der Waals surface area contributed by atoms with Crippen LogP contribution < -0.4 is 5.32 Å². The summed E-state index contributed by atoms with van der Waals surface area (Å²) < 4.78 is 6.20. The van der Waals surface area contributed by atoms with Crippen LogP contribution in [-0.4, -0.2) is 21.9 Å². The zero-order valence-corrected chi connectivity index (χ0v) is 8.78. The second-order valence-corrected chi connectivity index (χ2v) is 3.14. The molecule has 1 N–H and O–H groups in total. The summed E-state index contributed by atoms with van der Waals surface area (Å²) in [7, 11) is 0. The number of alkyl halides is 1. The monoisotopic (exact) mass is 217 g/mol. The summed E-state index contributed by atoms with van der Waals surface area (Å²) in [5.74, 6) is 0.593. The standard InChI is InChI=1S/C8H12ClN3O2/c1-6(2)12-7(3-4-10-12)11-8(13)14-5-9/h3-4,6H,5H2,1-2H3,(H,11,13). The third-order valence-corrected chi connectivity index (χ3v) is 1.68. The van der Waals surface area contributed by atoms with Gasteiger partial charge >= 0.3 is 6.09 Å². The fourth-order valence-electron chi connectivity index (χ4n) is 1.01. The van der Waals surface area contributed by atoms with Gasteiger partial charge in [0, 0.05) is 12.1 Å². The number of ether oxygens (including phenoxy) is 1. The van der Waals surface area contributed by atoms with Gasteiger partial charge in [-0.2, -0.15) is 5.10 Å². The van der Waals surface area contributed by atoms with E-state index in [2.05, 4.69) is 15.2 Å². The van der Waals surface area contributed by atoms with Gasteiger partial charge in [-0.1, -0.05) is 11.6 Å². The van der Waals surface area contributed by atoms with Crippen molar-refractivity contribution in [1.82, 2.24) is 9.78 Å². The van der Waals surface area contributed by atoms with Gasteiger partial charge in [-0.05, 0) is 13.8 Å². The van der Waals surface area contributed by atoms with Gasteiger partial charge in [-0.25, -0.2) is 9.48 Å². The normalized spacial score (nSPS) is 10.3. The van der Waals surface area contributed by atoms with E-state index in [-0.39, 0.29) is 12.1 Å². The lowest BCUT2D eigenvalue weighted by Gasteiger charge is -2.10. The lowest BCUT2D eigenvalue weighted by Crippen LogP contribution is -2.17. The quantitative estimate of drug-likeness (QED) is 0.790. The Kier molecular flexibility index (Phi) is 3.76. The highest BCUT2D eigenvalue weighted by Gasteiger charge is 2.09. The maximum Gasteiger partial charge on any atom is 0.414 e. The van der Waals surface area contributed by atoms with Crippen molar-refractivity contribution in [2.24, 2.45) is 0 Å². The number of hydrogen-bond acceptors (Lipinski definition) is 3. The summed E-state index contributed by atoms with van der Waals surface area (Å²) in [6.45, 7) is 3.93. The minimum atomic E-state index is -0.581. The van der Waals surface area contributed by atoms with Gasteiger partial charge in [0.15, 0.2) is 6.07 Å². The Labute approximate surface area is 87.0 Å². The number of amides is 1. The molecule has 0 fully saturated rings. The van der Waals surface area contributed by atoms with E-state index in [1.54, 1.807) is 16.9 Å². The van der Waals surface area contributed by atoms with E-state index in [0.29, 0.717) is 5.82 Å². The highest BCUT2D eigenvalue weighted by Crippen LogP contribution is 2.12. The molecular weight excluding hydrogens is 206 g/mol. The molecule has 0 saturated carbocycles. The third kappa shape index (κ3) is 2.63. The molecule has 14 heavy (non-hydrogen) atoms. The maximum absolute atomic E-state index is 11.0. The van der Waals surface area contributed by atoms with E-state index in [4.69, 9.17) is 11.6 Å². The molecule has 1 aromatic rings. The van der Waals surface area contributed by atoms with Crippen LogP contribution >= 0.6 is 11.6 Å². The fraction of sp³-hybridized carbons (Fsp3) is 0.500. The molecule has 0 atom stereocenters. The van der Waals surface area contributed by atoms with Gasteiger partial charge in [0.05, 0.1) is 6.20 Å². The van der Waals surface area contributed by atoms with Gasteiger partial charge in [-0.15, -0.1) is 0 Å². The van der Waals surface area contributed by atoms with E-state index in [1.165, 1.54) is 0 Å². The summed E-state index contributed by atoms with van der Waals surface area (Å²) in [6, 6.07) is 1.70. The summed E-state index contributed by atoms with van der Waals surface area (Å²) in [5.41, 5.74) is 0. The summed E-state index contributed by atoms with van der Waals surface area (Å²) in [4.78, 5) is 11.0. The van der Waals surface area contributed by atoms with Gasteiger partial charge in [0.1, 0.15) is 5.82 Å². The Morgan fingerprint density at radius 2 is 2.50 bits per heavy atom. The molecule has 0 saturated heterocycles. The molecule has 6 heteroatoms. The molecule has 78 valence electrons. The minimum absolute atomic E-state index is 0.165. The highest BCUT2D eigenvalue weighted by atomic mass is 35.5. The second-order valence-electron chi connectivity index (χ2n) is 2.92. The predicted molar refractivity (Wildman–Crippen MR) is 53.4 cm³/mol. The van der Waals surface area contributed by atoms with Crippen LogP contribution in [0, 0.1) is 0 Å². The van der Waals surface area contributed by atoms with Gasteiger partial charge < -0.3 is 4.74 Å². The van der Waals surface area contributed by atoms with Crippen LogP contribution in [-0.2, 0) is 4.74 Å². The van der Waals surface area contributed by atoms with E-state index in [9.17, 15) is 4.79 Å². The van der Waals surface area contributed by atoms with Crippen molar-refractivity contribution in [3.05, 3.63) is 12.3 Å². The van der Waals surface area contributed by atoms with Crippen LogP contribution in [0.1, 0.15) is 19.9 Å². The molecule has 0 aliphatic heterocycles. The molecule has 5 nitrogen and oxygen atoms in total. The lowest BCUT2D eigenvalue weighted by molar-refractivity contribution is 0.180. The zero-order valence-electron chi connectivity index (χ0n) is 8.03. The number of carbonyl (C=O) groups excluding carboxylic acids is 1. The first-order chi connectivity index (χ1) is 6.65. The molecule has 0 unspecified atom stereocenters. The van der Waals surface area contributed by atoms with Crippen molar-refractivity contribution in [2.45, 2.75) is 19.9 Å². The topological polar surface area (TPSA) is 56.2 Å². The van der Waals surface area contributed by atoms with Crippen molar-refractivity contribution in [3.63, 3.8) is 0 Å². The molecule has 1 rings (SSSR count). The Bertz CT molecular complexity index is 311. The summed E-state index contributed by atoms with van der Waals surface area (Å²) in [6.07, 6.45) is 1.03. The predicted octanol–water partition coefficient (Wildman–Crippen LogP) is 2.21. The fourth-order valence-corrected chi connectivity index (χ4v) is 1.11. The number of carbonyl (C=O) groups is 1. The van der Waals surface area contributed by atoms with Crippen molar-refractivity contribution >= 4 is 23.5 Å². The maximum atomic E-state index is 11.0. The zero-order chi connectivity index (χ0) is 10.6. The molecule has 0 spiro atoms. The van der Waals surface area contributed by atoms with E-state index in [1.807, 2.05) is 13.8 Å². The Morgan fingerprint density at radius 1 is 1.79 bits per heavy atom. The Morgan fingerprint density at radius 3 is 3.07 bits per heavy atom. The van der Waals surface area contributed by atoms with Gasteiger partial charge in [-0.3, -0.25) is 5.32 Å². The molecule has 0 radical (unpaired) electrons. The Balaban J connectivity index is 2.66. The average molecular weight is 218 g/mol. The smallest absolute Gasteiger partial charge is 0.414 e. The summed E-state index contributed by atoms with van der Waals surface area (Å²) in [5, 5.41) is 6.57. The van der Waals surface area contributed by atoms with E-state index in [0.717, 1.165) is 0 Å². The van der Waals surface area contributed by atoms with E-state index >= 15 is 0 Å². The molecule has 0 bridgehead atoms. The number of nitrogens with zero attached hydrogens (tertiary/aromatic N) is 2.